The highest BCUT2D eigenvalue weighted by Gasteiger charge is 2.00. The Balaban J connectivity index is 2.16. The zero-order valence-electron chi connectivity index (χ0n) is 10.2. The average molecular weight is 243 g/mol. The molecule has 0 amide bonds. The Kier molecular flexibility index (Phi) is 3.75. The van der Waals surface area contributed by atoms with Gasteiger partial charge in [0.1, 0.15) is 0 Å². The van der Waals surface area contributed by atoms with Crippen LogP contribution in [0.5, 0.6) is 0 Å². The van der Waals surface area contributed by atoms with Crippen LogP contribution in [-0.4, -0.2) is 0 Å². The fraction of sp³-hybridized carbons (Fsp3) is 0.200. The molecule has 2 N–H and O–H groups in total. The number of benzene rings is 2. The number of rotatable bonds is 3. The van der Waals surface area contributed by atoms with Crippen LogP contribution < -0.4 is 5.73 Å². The largest absolute Gasteiger partial charge is 0.399 e. The second kappa shape index (κ2) is 5.28. The molecule has 2 rings (SSSR count). The Labute approximate surface area is 107 Å². The van der Waals surface area contributed by atoms with Crippen molar-refractivity contribution in [1.82, 2.24) is 0 Å². The van der Waals surface area contributed by atoms with E-state index in [1.54, 1.807) is 11.8 Å². The van der Waals surface area contributed by atoms with E-state index in [0.29, 0.717) is 0 Å². The van der Waals surface area contributed by atoms with E-state index in [4.69, 9.17) is 5.73 Å². The van der Waals surface area contributed by atoms with Gasteiger partial charge in [-0.1, -0.05) is 30.8 Å². The SMILES string of the molecule is CCc1ccc(Sc2ccc(N)c(C)c2)cc1. The fourth-order valence-electron chi connectivity index (χ4n) is 1.64. The monoisotopic (exact) mass is 243 g/mol. The highest BCUT2D eigenvalue weighted by Crippen LogP contribution is 2.29. The van der Waals surface area contributed by atoms with Crippen LogP contribution in [0.4, 0.5) is 5.69 Å². The number of anilines is 1. The zero-order valence-corrected chi connectivity index (χ0v) is 11.1. The molecule has 0 aromatic heterocycles. The van der Waals surface area contributed by atoms with Gasteiger partial charge in [-0.15, -0.1) is 0 Å². The van der Waals surface area contributed by atoms with Crippen LogP contribution >= 0.6 is 11.8 Å². The summed E-state index contributed by atoms with van der Waals surface area (Å²) < 4.78 is 0. The molecule has 2 aromatic carbocycles. The predicted molar refractivity (Wildman–Crippen MR) is 75.5 cm³/mol. The van der Waals surface area contributed by atoms with Crippen molar-refractivity contribution in [2.45, 2.75) is 30.1 Å². The van der Waals surface area contributed by atoms with Gasteiger partial charge in [0.2, 0.25) is 0 Å². The Bertz CT molecular complexity index is 503. The van der Waals surface area contributed by atoms with Gasteiger partial charge < -0.3 is 5.73 Å². The molecule has 0 aliphatic heterocycles. The predicted octanol–water partition coefficient (Wildman–Crippen LogP) is 4.29. The molecule has 0 bridgehead atoms. The maximum absolute atomic E-state index is 5.81. The van der Waals surface area contributed by atoms with E-state index in [1.807, 2.05) is 13.0 Å². The summed E-state index contributed by atoms with van der Waals surface area (Å²) in [5.41, 5.74) is 9.18. The Hall–Kier alpha value is -1.41. The van der Waals surface area contributed by atoms with Crippen LogP contribution in [0.3, 0.4) is 0 Å². The number of aryl methyl sites for hydroxylation is 2. The summed E-state index contributed by atoms with van der Waals surface area (Å²) in [6.07, 6.45) is 1.09. The molecule has 0 spiro atoms. The third-order valence-electron chi connectivity index (χ3n) is 2.81. The van der Waals surface area contributed by atoms with Crippen molar-refractivity contribution in [2.24, 2.45) is 0 Å². The first-order valence-electron chi connectivity index (χ1n) is 5.82. The molecular formula is C15H17NS. The van der Waals surface area contributed by atoms with Crippen molar-refractivity contribution in [2.75, 3.05) is 5.73 Å². The second-order valence-corrected chi connectivity index (χ2v) is 5.26. The van der Waals surface area contributed by atoms with Gasteiger partial charge in [0, 0.05) is 15.5 Å². The third kappa shape index (κ3) is 3.04. The summed E-state index contributed by atoms with van der Waals surface area (Å²) in [5, 5.41) is 0. The molecule has 0 aliphatic carbocycles. The molecule has 0 heterocycles. The summed E-state index contributed by atoms with van der Waals surface area (Å²) in [4.78, 5) is 2.51. The van der Waals surface area contributed by atoms with Crippen LogP contribution in [0.2, 0.25) is 0 Å². The van der Waals surface area contributed by atoms with Crippen LogP contribution in [-0.2, 0) is 6.42 Å². The Morgan fingerprint density at radius 1 is 1.00 bits per heavy atom. The molecule has 0 fully saturated rings. The van der Waals surface area contributed by atoms with Crippen LogP contribution in [0, 0.1) is 6.92 Å². The smallest absolute Gasteiger partial charge is 0.0344 e. The zero-order chi connectivity index (χ0) is 12.3. The topological polar surface area (TPSA) is 26.0 Å². The summed E-state index contributed by atoms with van der Waals surface area (Å²) in [7, 11) is 0. The highest BCUT2D eigenvalue weighted by atomic mass is 32.2. The van der Waals surface area contributed by atoms with Gasteiger partial charge in [0.15, 0.2) is 0 Å². The Morgan fingerprint density at radius 3 is 2.24 bits per heavy atom. The lowest BCUT2D eigenvalue weighted by Crippen LogP contribution is -1.88. The van der Waals surface area contributed by atoms with Gasteiger partial charge in [0.25, 0.3) is 0 Å². The van der Waals surface area contributed by atoms with E-state index in [2.05, 4.69) is 43.3 Å². The van der Waals surface area contributed by atoms with Crippen LogP contribution in [0.25, 0.3) is 0 Å². The highest BCUT2D eigenvalue weighted by molar-refractivity contribution is 7.99. The maximum Gasteiger partial charge on any atom is 0.0344 e. The quantitative estimate of drug-likeness (QED) is 0.814. The van der Waals surface area contributed by atoms with Gasteiger partial charge in [-0.05, 0) is 54.8 Å². The third-order valence-corrected chi connectivity index (χ3v) is 3.81. The molecule has 0 aliphatic rings. The summed E-state index contributed by atoms with van der Waals surface area (Å²) in [5.74, 6) is 0. The minimum Gasteiger partial charge on any atom is -0.399 e. The second-order valence-electron chi connectivity index (χ2n) is 4.12. The molecule has 0 radical (unpaired) electrons. The number of hydrogen-bond donors (Lipinski definition) is 1. The van der Waals surface area contributed by atoms with E-state index in [9.17, 15) is 0 Å². The van der Waals surface area contributed by atoms with Crippen LogP contribution in [0.15, 0.2) is 52.3 Å². The molecule has 0 saturated heterocycles. The van der Waals surface area contributed by atoms with E-state index >= 15 is 0 Å². The molecule has 0 atom stereocenters. The maximum atomic E-state index is 5.81. The van der Waals surface area contributed by atoms with E-state index < -0.39 is 0 Å². The minimum absolute atomic E-state index is 0.857. The average Bonchev–Trinajstić information content (AvgIpc) is 2.35. The van der Waals surface area contributed by atoms with Gasteiger partial charge in [-0.3, -0.25) is 0 Å². The first kappa shape index (κ1) is 12.1. The lowest BCUT2D eigenvalue weighted by atomic mass is 10.2. The number of nitrogen functional groups attached to an aromatic ring is 1. The Morgan fingerprint density at radius 2 is 1.65 bits per heavy atom. The van der Waals surface area contributed by atoms with E-state index in [0.717, 1.165) is 17.7 Å². The van der Waals surface area contributed by atoms with Gasteiger partial charge in [-0.25, -0.2) is 0 Å². The molecule has 0 unspecified atom stereocenters. The van der Waals surface area contributed by atoms with Gasteiger partial charge in [0.05, 0.1) is 0 Å². The molecule has 2 aromatic rings. The normalized spacial score (nSPS) is 10.5. The fourth-order valence-corrected chi connectivity index (χ4v) is 2.56. The van der Waals surface area contributed by atoms with Crippen LogP contribution in [0.1, 0.15) is 18.1 Å². The lowest BCUT2D eigenvalue weighted by molar-refractivity contribution is 1.13. The molecule has 17 heavy (non-hydrogen) atoms. The van der Waals surface area contributed by atoms with Crippen molar-refractivity contribution in [1.29, 1.82) is 0 Å². The van der Waals surface area contributed by atoms with E-state index in [1.165, 1.54) is 15.4 Å². The first-order valence-corrected chi connectivity index (χ1v) is 6.63. The van der Waals surface area contributed by atoms with Gasteiger partial charge >= 0.3 is 0 Å². The van der Waals surface area contributed by atoms with Crippen molar-refractivity contribution in [3.8, 4) is 0 Å². The number of nitrogens with two attached hydrogens (primary N) is 1. The minimum atomic E-state index is 0.857. The molecule has 1 nitrogen and oxygen atoms in total. The van der Waals surface area contributed by atoms with Crippen molar-refractivity contribution in [3.05, 3.63) is 53.6 Å². The first-order chi connectivity index (χ1) is 8.19. The standard InChI is InChI=1S/C15H17NS/c1-3-12-4-6-13(7-5-12)17-14-8-9-15(16)11(2)10-14/h4-10H,3,16H2,1-2H3. The molecular weight excluding hydrogens is 226 g/mol. The summed E-state index contributed by atoms with van der Waals surface area (Å²) in [6.45, 7) is 4.21. The molecule has 0 saturated carbocycles. The lowest BCUT2D eigenvalue weighted by Gasteiger charge is -2.05. The van der Waals surface area contributed by atoms with Crippen molar-refractivity contribution in [3.63, 3.8) is 0 Å². The number of hydrogen-bond acceptors (Lipinski definition) is 2. The summed E-state index contributed by atoms with van der Waals surface area (Å²) >= 11 is 1.77. The van der Waals surface area contributed by atoms with Crippen molar-refractivity contribution < 1.29 is 0 Å². The van der Waals surface area contributed by atoms with Gasteiger partial charge in [-0.2, -0.15) is 0 Å². The summed E-state index contributed by atoms with van der Waals surface area (Å²) in [6, 6.07) is 14.9. The van der Waals surface area contributed by atoms with E-state index in [-0.39, 0.29) is 0 Å². The van der Waals surface area contributed by atoms with Crippen molar-refractivity contribution >= 4 is 17.4 Å². The molecule has 2 heteroatoms. The molecule has 88 valence electrons.